The first-order chi connectivity index (χ1) is 15.0. The molecule has 0 saturated carbocycles. The van der Waals surface area contributed by atoms with Crippen LogP contribution in [0.2, 0.25) is 0 Å². The molecule has 3 rings (SSSR count). The number of allylic oxidation sites excluding steroid dienone is 2. The van der Waals surface area contributed by atoms with E-state index in [0.717, 1.165) is 11.1 Å². The van der Waals surface area contributed by atoms with Gasteiger partial charge in [0.15, 0.2) is 11.6 Å². The van der Waals surface area contributed by atoms with E-state index in [9.17, 15) is 9.90 Å². The van der Waals surface area contributed by atoms with Crippen LogP contribution in [0.25, 0.3) is 6.08 Å². The van der Waals surface area contributed by atoms with Gasteiger partial charge in [0, 0.05) is 13.2 Å². The zero-order valence-electron chi connectivity index (χ0n) is 17.8. The molecule has 0 heterocycles. The molecule has 1 atom stereocenters. The van der Waals surface area contributed by atoms with Gasteiger partial charge in [-0.2, -0.15) is 0 Å². The normalized spacial score (nSPS) is 20.5. The number of rotatable bonds is 8. The van der Waals surface area contributed by atoms with Crippen LogP contribution in [0.15, 0.2) is 83.8 Å². The Balaban J connectivity index is 1.87. The zero-order valence-corrected chi connectivity index (χ0v) is 17.8. The Hall–Kier alpha value is -3.35. The second-order valence-electron chi connectivity index (χ2n) is 6.97. The average molecular weight is 422 g/mol. The van der Waals surface area contributed by atoms with Crippen molar-refractivity contribution in [1.82, 2.24) is 0 Å². The molecule has 0 bridgehead atoms. The first kappa shape index (κ1) is 22.3. The van der Waals surface area contributed by atoms with Gasteiger partial charge < -0.3 is 24.1 Å². The summed E-state index contributed by atoms with van der Waals surface area (Å²) < 4.78 is 22.1. The van der Waals surface area contributed by atoms with Gasteiger partial charge in [0.05, 0.1) is 27.2 Å². The lowest BCUT2D eigenvalue weighted by Gasteiger charge is -2.33. The van der Waals surface area contributed by atoms with Crippen LogP contribution < -0.4 is 4.74 Å². The maximum Gasteiger partial charge on any atom is 0.199 e. The molecule has 0 aromatic heterocycles. The van der Waals surface area contributed by atoms with Crippen molar-refractivity contribution in [3.63, 3.8) is 0 Å². The van der Waals surface area contributed by atoms with E-state index in [1.54, 1.807) is 19.3 Å². The molecule has 1 aliphatic carbocycles. The van der Waals surface area contributed by atoms with Gasteiger partial charge in [-0.3, -0.25) is 4.79 Å². The van der Waals surface area contributed by atoms with E-state index in [4.69, 9.17) is 18.9 Å². The van der Waals surface area contributed by atoms with Crippen molar-refractivity contribution in [2.75, 3.05) is 21.3 Å². The number of ketones is 1. The van der Waals surface area contributed by atoms with Crippen LogP contribution in [-0.2, 0) is 25.6 Å². The van der Waals surface area contributed by atoms with Crippen molar-refractivity contribution in [2.24, 2.45) is 0 Å². The van der Waals surface area contributed by atoms with Crippen molar-refractivity contribution in [2.45, 2.75) is 18.8 Å². The van der Waals surface area contributed by atoms with Gasteiger partial charge in [-0.15, -0.1) is 0 Å². The fourth-order valence-corrected chi connectivity index (χ4v) is 3.27. The smallest absolute Gasteiger partial charge is 0.199 e. The summed E-state index contributed by atoms with van der Waals surface area (Å²) in [6, 6.07) is 16.9. The van der Waals surface area contributed by atoms with Crippen LogP contribution >= 0.6 is 0 Å². The lowest BCUT2D eigenvalue weighted by molar-refractivity contribution is -0.201. The number of ether oxygens (including phenoxy) is 4. The molecule has 31 heavy (non-hydrogen) atoms. The lowest BCUT2D eigenvalue weighted by atomic mass is 9.92. The molecule has 0 fully saturated rings. The Morgan fingerprint density at radius 2 is 1.84 bits per heavy atom. The van der Waals surface area contributed by atoms with Crippen molar-refractivity contribution in [3.05, 3.63) is 95.0 Å². The molecule has 0 amide bonds. The van der Waals surface area contributed by atoms with Gasteiger partial charge in [-0.25, -0.2) is 0 Å². The standard InChI is InChI=1S/C25H26O6/c1-28-20-11-7-10-18(14-20)12-13-21(26)24-22(27)15-25(30-3,16-23(24)29-2)31-17-19-8-5-4-6-9-19/h4-14,16,26H,15,17H2,1-3H3. The summed E-state index contributed by atoms with van der Waals surface area (Å²) in [6.45, 7) is 0.260. The first-order valence-electron chi connectivity index (χ1n) is 9.79. The summed E-state index contributed by atoms with van der Waals surface area (Å²) >= 11 is 0. The molecule has 1 aliphatic rings. The first-order valence-corrected chi connectivity index (χ1v) is 9.79. The maximum atomic E-state index is 13.0. The molecule has 0 saturated heterocycles. The molecule has 0 spiro atoms. The predicted molar refractivity (Wildman–Crippen MR) is 117 cm³/mol. The number of hydrogen-bond donors (Lipinski definition) is 1. The van der Waals surface area contributed by atoms with E-state index >= 15 is 0 Å². The molecule has 6 nitrogen and oxygen atoms in total. The Bertz CT molecular complexity index is 1010. The quantitative estimate of drug-likeness (QED) is 0.381. The predicted octanol–water partition coefficient (Wildman–Crippen LogP) is 4.58. The number of methoxy groups -OCH3 is 3. The monoisotopic (exact) mass is 422 g/mol. The third-order valence-electron chi connectivity index (χ3n) is 4.96. The molecule has 0 aliphatic heterocycles. The highest BCUT2D eigenvalue weighted by Gasteiger charge is 2.40. The highest BCUT2D eigenvalue weighted by molar-refractivity contribution is 6.02. The molecular formula is C25H26O6. The Morgan fingerprint density at radius 3 is 2.52 bits per heavy atom. The Morgan fingerprint density at radius 1 is 1.06 bits per heavy atom. The third kappa shape index (κ3) is 5.42. The Kier molecular flexibility index (Phi) is 7.28. The Labute approximate surface area is 182 Å². The van der Waals surface area contributed by atoms with Crippen molar-refractivity contribution in [3.8, 4) is 5.75 Å². The SMILES string of the molecule is COC1=CC(OC)(OCc2ccccc2)CC(=O)C1=C(O)C=Cc1cccc(OC)c1. The number of carbonyl (C=O) groups excluding carboxylic acids is 1. The minimum absolute atomic E-state index is 0.0811. The summed E-state index contributed by atoms with van der Waals surface area (Å²) in [5, 5.41) is 10.6. The van der Waals surface area contributed by atoms with Crippen molar-refractivity contribution in [1.29, 1.82) is 0 Å². The number of aliphatic hydroxyl groups is 1. The van der Waals surface area contributed by atoms with E-state index in [2.05, 4.69) is 0 Å². The number of Topliss-reactive ketones (excluding diaryl/α,β-unsaturated/α-hetero) is 1. The van der Waals surface area contributed by atoms with E-state index in [1.807, 2.05) is 54.6 Å². The number of hydrogen-bond acceptors (Lipinski definition) is 6. The van der Waals surface area contributed by atoms with Crippen LogP contribution in [-0.4, -0.2) is 38.0 Å². The largest absolute Gasteiger partial charge is 0.507 e. The molecule has 6 heteroatoms. The van der Waals surface area contributed by atoms with Gasteiger partial charge >= 0.3 is 0 Å². The second kappa shape index (κ2) is 10.1. The van der Waals surface area contributed by atoms with Crippen LogP contribution in [0.1, 0.15) is 17.5 Å². The summed E-state index contributed by atoms with van der Waals surface area (Å²) in [5.74, 6) is -0.936. The van der Waals surface area contributed by atoms with Crippen molar-refractivity contribution >= 4 is 11.9 Å². The summed E-state index contributed by atoms with van der Waals surface area (Å²) in [6.07, 6.45) is 4.65. The van der Waals surface area contributed by atoms with Crippen LogP contribution in [0.5, 0.6) is 5.75 Å². The van der Waals surface area contributed by atoms with E-state index < -0.39 is 5.79 Å². The topological polar surface area (TPSA) is 74.2 Å². The van der Waals surface area contributed by atoms with E-state index in [1.165, 1.54) is 20.3 Å². The fourth-order valence-electron chi connectivity index (χ4n) is 3.27. The van der Waals surface area contributed by atoms with Gasteiger partial charge in [0.1, 0.15) is 22.8 Å². The molecule has 2 aromatic carbocycles. The minimum atomic E-state index is -1.28. The number of benzene rings is 2. The van der Waals surface area contributed by atoms with Crippen molar-refractivity contribution < 1.29 is 28.8 Å². The fraction of sp³-hybridized carbons (Fsp3) is 0.240. The molecule has 1 unspecified atom stereocenters. The zero-order chi connectivity index (χ0) is 22.3. The highest BCUT2D eigenvalue weighted by atomic mass is 16.7. The molecule has 1 N–H and O–H groups in total. The minimum Gasteiger partial charge on any atom is -0.507 e. The summed E-state index contributed by atoms with van der Waals surface area (Å²) in [5.41, 5.74) is 1.84. The van der Waals surface area contributed by atoms with Crippen LogP contribution in [0, 0.1) is 0 Å². The maximum absolute atomic E-state index is 13.0. The number of aliphatic hydroxyl groups excluding tert-OH is 1. The lowest BCUT2D eigenvalue weighted by Crippen LogP contribution is -2.40. The van der Waals surface area contributed by atoms with Crippen LogP contribution in [0.3, 0.4) is 0 Å². The van der Waals surface area contributed by atoms with E-state index in [0.29, 0.717) is 5.75 Å². The van der Waals surface area contributed by atoms with Gasteiger partial charge in [-0.1, -0.05) is 48.5 Å². The average Bonchev–Trinajstić information content (AvgIpc) is 2.81. The van der Waals surface area contributed by atoms with Crippen LogP contribution in [0.4, 0.5) is 0 Å². The number of carbonyl (C=O) groups is 1. The molecular weight excluding hydrogens is 396 g/mol. The molecule has 0 radical (unpaired) electrons. The molecule has 162 valence electrons. The second-order valence-corrected chi connectivity index (χ2v) is 6.97. The molecule has 2 aromatic rings. The van der Waals surface area contributed by atoms with E-state index in [-0.39, 0.29) is 35.9 Å². The summed E-state index contributed by atoms with van der Waals surface area (Å²) in [7, 11) is 4.49. The van der Waals surface area contributed by atoms with Gasteiger partial charge in [0.2, 0.25) is 0 Å². The third-order valence-corrected chi connectivity index (χ3v) is 4.96. The highest BCUT2D eigenvalue weighted by Crippen LogP contribution is 2.34. The van der Waals surface area contributed by atoms with Gasteiger partial charge in [-0.05, 0) is 29.3 Å². The summed E-state index contributed by atoms with van der Waals surface area (Å²) in [4.78, 5) is 13.0. The van der Waals surface area contributed by atoms with Gasteiger partial charge in [0.25, 0.3) is 0 Å².